The standard InChI is InChI=1S/C15H22BrN3O2/c16-12-8-11(9-14-15(12)21-7-6-20-14)13(10-17)18-19-4-2-1-3-5-19/h8-9,13,18H,1-7,10,17H2. The molecule has 0 radical (unpaired) electrons. The second kappa shape index (κ2) is 6.96. The van der Waals surface area contributed by atoms with Gasteiger partial charge in [0.25, 0.3) is 0 Å². The molecule has 2 heterocycles. The third-order valence-electron chi connectivity index (χ3n) is 3.95. The van der Waals surface area contributed by atoms with E-state index < -0.39 is 0 Å². The fourth-order valence-electron chi connectivity index (χ4n) is 2.84. The Bertz CT molecular complexity index is 492. The molecule has 21 heavy (non-hydrogen) atoms. The largest absolute Gasteiger partial charge is 0.486 e. The number of fused-ring (bicyclic) bond motifs is 1. The molecular formula is C15H22BrN3O2. The first-order chi connectivity index (χ1) is 10.3. The zero-order chi connectivity index (χ0) is 14.7. The lowest BCUT2D eigenvalue weighted by atomic mass is 10.1. The molecule has 1 atom stereocenters. The molecule has 0 amide bonds. The molecule has 0 bridgehead atoms. The number of benzene rings is 1. The predicted octanol–water partition coefficient (Wildman–Crippen LogP) is 2.21. The molecule has 1 fully saturated rings. The highest BCUT2D eigenvalue weighted by Gasteiger charge is 2.21. The Morgan fingerprint density at radius 3 is 2.71 bits per heavy atom. The smallest absolute Gasteiger partial charge is 0.175 e. The Balaban J connectivity index is 1.78. The van der Waals surface area contributed by atoms with Crippen LogP contribution in [0.4, 0.5) is 0 Å². The molecule has 0 aromatic heterocycles. The lowest BCUT2D eigenvalue weighted by Gasteiger charge is -2.32. The summed E-state index contributed by atoms with van der Waals surface area (Å²) >= 11 is 3.57. The van der Waals surface area contributed by atoms with Crippen molar-refractivity contribution in [1.29, 1.82) is 0 Å². The zero-order valence-electron chi connectivity index (χ0n) is 12.1. The molecule has 116 valence electrons. The number of ether oxygens (including phenoxy) is 2. The monoisotopic (exact) mass is 355 g/mol. The Hall–Kier alpha value is -0.820. The molecule has 2 aliphatic heterocycles. The molecular weight excluding hydrogens is 334 g/mol. The van der Waals surface area contributed by atoms with Gasteiger partial charge in [-0.3, -0.25) is 0 Å². The van der Waals surface area contributed by atoms with E-state index in [4.69, 9.17) is 15.2 Å². The number of halogens is 1. The minimum absolute atomic E-state index is 0.0928. The third kappa shape index (κ3) is 3.51. The maximum absolute atomic E-state index is 5.97. The molecule has 1 aromatic rings. The van der Waals surface area contributed by atoms with Gasteiger partial charge in [0.1, 0.15) is 13.2 Å². The van der Waals surface area contributed by atoms with Crippen molar-refractivity contribution in [2.75, 3.05) is 32.8 Å². The second-order valence-electron chi connectivity index (χ2n) is 5.49. The molecule has 0 spiro atoms. The second-order valence-corrected chi connectivity index (χ2v) is 6.35. The van der Waals surface area contributed by atoms with Gasteiger partial charge in [0.15, 0.2) is 11.5 Å². The van der Waals surface area contributed by atoms with Gasteiger partial charge in [-0.15, -0.1) is 0 Å². The van der Waals surface area contributed by atoms with E-state index >= 15 is 0 Å². The predicted molar refractivity (Wildman–Crippen MR) is 85.5 cm³/mol. The minimum atomic E-state index is 0.0928. The Labute approximate surface area is 133 Å². The van der Waals surface area contributed by atoms with Gasteiger partial charge < -0.3 is 15.2 Å². The van der Waals surface area contributed by atoms with Crippen LogP contribution in [0.2, 0.25) is 0 Å². The van der Waals surface area contributed by atoms with Gasteiger partial charge in [-0.25, -0.2) is 10.4 Å². The number of nitrogens with zero attached hydrogens (tertiary/aromatic N) is 1. The van der Waals surface area contributed by atoms with E-state index in [0.717, 1.165) is 34.6 Å². The van der Waals surface area contributed by atoms with E-state index in [1.807, 2.05) is 6.07 Å². The highest BCUT2D eigenvalue weighted by Crippen LogP contribution is 2.39. The number of rotatable bonds is 4. The Kier molecular flexibility index (Phi) is 5.00. The van der Waals surface area contributed by atoms with Crippen LogP contribution < -0.4 is 20.6 Å². The summed E-state index contributed by atoms with van der Waals surface area (Å²) in [7, 11) is 0. The van der Waals surface area contributed by atoms with Crippen molar-refractivity contribution >= 4 is 15.9 Å². The van der Waals surface area contributed by atoms with Crippen molar-refractivity contribution in [1.82, 2.24) is 10.4 Å². The van der Waals surface area contributed by atoms with E-state index in [2.05, 4.69) is 32.4 Å². The third-order valence-corrected chi connectivity index (χ3v) is 4.54. The SMILES string of the molecule is NCC(NN1CCCCC1)c1cc(Br)c2c(c1)OCCO2. The van der Waals surface area contributed by atoms with Gasteiger partial charge >= 0.3 is 0 Å². The maximum Gasteiger partial charge on any atom is 0.175 e. The summed E-state index contributed by atoms with van der Waals surface area (Å²) in [4.78, 5) is 0. The van der Waals surface area contributed by atoms with Crippen LogP contribution in [-0.2, 0) is 0 Å². The molecule has 3 rings (SSSR count). The number of hydrogen-bond donors (Lipinski definition) is 2. The summed E-state index contributed by atoms with van der Waals surface area (Å²) in [6.07, 6.45) is 3.81. The number of piperidine rings is 1. The highest BCUT2D eigenvalue weighted by atomic mass is 79.9. The molecule has 2 aliphatic rings. The minimum Gasteiger partial charge on any atom is -0.486 e. The molecule has 3 N–H and O–H groups in total. The molecule has 1 aromatic carbocycles. The van der Waals surface area contributed by atoms with Crippen LogP contribution in [0.3, 0.4) is 0 Å². The van der Waals surface area contributed by atoms with E-state index in [1.54, 1.807) is 0 Å². The summed E-state index contributed by atoms with van der Waals surface area (Å²) in [5.41, 5.74) is 10.6. The topological polar surface area (TPSA) is 59.8 Å². The highest BCUT2D eigenvalue weighted by molar-refractivity contribution is 9.10. The average Bonchev–Trinajstić information content (AvgIpc) is 2.53. The van der Waals surface area contributed by atoms with Gasteiger partial charge in [-0.2, -0.15) is 0 Å². The fraction of sp³-hybridized carbons (Fsp3) is 0.600. The van der Waals surface area contributed by atoms with Gasteiger partial charge in [0.2, 0.25) is 0 Å². The van der Waals surface area contributed by atoms with Crippen molar-refractivity contribution in [3.63, 3.8) is 0 Å². The van der Waals surface area contributed by atoms with Crippen LogP contribution in [-0.4, -0.2) is 37.9 Å². The summed E-state index contributed by atoms with van der Waals surface area (Å²) in [5, 5.41) is 2.28. The molecule has 1 unspecified atom stereocenters. The number of nitrogens with two attached hydrogens (primary N) is 1. The first-order valence-electron chi connectivity index (χ1n) is 7.58. The average molecular weight is 356 g/mol. The summed E-state index contributed by atoms with van der Waals surface area (Å²) in [6, 6.07) is 4.20. The van der Waals surface area contributed by atoms with Crippen LogP contribution in [0.1, 0.15) is 30.9 Å². The van der Waals surface area contributed by atoms with Crippen LogP contribution in [0.15, 0.2) is 16.6 Å². The van der Waals surface area contributed by atoms with E-state index in [-0.39, 0.29) is 6.04 Å². The number of nitrogens with one attached hydrogen (secondary N) is 1. The van der Waals surface area contributed by atoms with Gasteiger partial charge in [0, 0.05) is 19.6 Å². The lowest BCUT2D eigenvalue weighted by molar-refractivity contribution is 0.129. The summed E-state index contributed by atoms with van der Waals surface area (Å²) in [5.74, 6) is 1.59. The van der Waals surface area contributed by atoms with Crippen molar-refractivity contribution in [2.24, 2.45) is 5.73 Å². The summed E-state index contributed by atoms with van der Waals surface area (Å²) in [6.45, 7) is 3.90. The normalized spacial score (nSPS) is 20.3. The van der Waals surface area contributed by atoms with Crippen molar-refractivity contribution in [3.05, 3.63) is 22.2 Å². The van der Waals surface area contributed by atoms with Crippen molar-refractivity contribution in [2.45, 2.75) is 25.3 Å². The molecule has 6 heteroatoms. The molecule has 0 saturated carbocycles. The first-order valence-corrected chi connectivity index (χ1v) is 8.37. The van der Waals surface area contributed by atoms with Crippen LogP contribution >= 0.6 is 15.9 Å². The van der Waals surface area contributed by atoms with Crippen LogP contribution in [0.5, 0.6) is 11.5 Å². The van der Waals surface area contributed by atoms with Crippen molar-refractivity contribution < 1.29 is 9.47 Å². The Morgan fingerprint density at radius 2 is 1.95 bits per heavy atom. The van der Waals surface area contributed by atoms with Gasteiger partial charge in [-0.05, 0) is 46.5 Å². The van der Waals surface area contributed by atoms with Gasteiger partial charge in [-0.1, -0.05) is 6.42 Å². The van der Waals surface area contributed by atoms with Gasteiger partial charge in [0.05, 0.1) is 10.5 Å². The lowest BCUT2D eigenvalue weighted by Crippen LogP contribution is -2.45. The van der Waals surface area contributed by atoms with Crippen molar-refractivity contribution in [3.8, 4) is 11.5 Å². The van der Waals surface area contributed by atoms with Crippen LogP contribution in [0.25, 0.3) is 0 Å². The molecule has 1 saturated heterocycles. The number of hydrazine groups is 1. The number of hydrogen-bond acceptors (Lipinski definition) is 5. The van der Waals surface area contributed by atoms with Crippen LogP contribution in [0, 0.1) is 0 Å². The first kappa shape index (κ1) is 15.1. The fourth-order valence-corrected chi connectivity index (χ4v) is 3.41. The molecule has 5 nitrogen and oxygen atoms in total. The maximum atomic E-state index is 5.97. The van der Waals surface area contributed by atoms with E-state index in [1.165, 1.54) is 19.3 Å². The van der Waals surface area contributed by atoms with E-state index in [9.17, 15) is 0 Å². The van der Waals surface area contributed by atoms with E-state index in [0.29, 0.717) is 19.8 Å². The summed E-state index contributed by atoms with van der Waals surface area (Å²) < 4.78 is 12.3. The quantitative estimate of drug-likeness (QED) is 0.866. The molecule has 0 aliphatic carbocycles. The zero-order valence-corrected chi connectivity index (χ0v) is 13.7. The Morgan fingerprint density at radius 1 is 1.19 bits per heavy atom.